The van der Waals surface area contributed by atoms with Gasteiger partial charge >= 0.3 is 0 Å². The summed E-state index contributed by atoms with van der Waals surface area (Å²) in [5, 5.41) is 12.4. The van der Waals surface area contributed by atoms with Gasteiger partial charge in [0.05, 0.1) is 6.61 Å². The van der Waals surface area contributed by atoms with Crippen LogP contribution in [0, 0.1) is 0 Å². The first-order valence-electron chi connectivity index (χ1n) is 6.92. The molecular formula is C15H23NO2. The van der Waals surface area contributed by atoms with Crippen molar-refractivity contribution in [3.05, 3.63) is 29.3 Å². The Morgan fingerprint density at radius 3 is 3.11 bits per heavy atom. The second kappa shape index (κ2) is 6.76. The molecule has 1 aliphatic heterocycles. The molecule has 1 aromatic carbocycles. The Hall–Kier alpha value is -1.06. The zero-order valence-electron chi connectivity index (χ0n) is 11.1. The summed E-state index contributed by atoms with van der Waals surface area (Å²) in [6.07, 6.45) is 3.99. The Morgan fingerprint density at radius 1 is 1.44 bits per heavy atom. The lowest BCUT2D eigenvalue weighted by atomic mass is 10.1. The topological polar surface area (TPSA) is 41.5 Å². The molecule has 3 nitrogen and oxygen atoms in total. The Labute approximate surface area is 109 Å². The highest BCUT2D eigenvalue weighted by Gasteiger charge is 2.12. The molecule has 18 heavy (non-hydrogen) atoms. The number of nitrogens with one attached hydrogen (secondary N) is 1. The summed E-state index contributed by atoms with van der Waals surface area (Å²) in [6, 6.07) is 6.94. The standard InChI is InChI=1S/C15H23NO2/c1-2-14(6-9-17)16-8-5-12-3-4-15-13(11-12)7-10-18-15/h3-4,11,14,16-17H,2,5-10H2,1H3. The van der Waals surface area contributed by atoms with Crippen molar-refractivity contribution in [2.24, 2.45) is 0 Å². The molecule has 0 radical (unpaired) electrons. The van der Waals surface area contributed by atoms with Crippen molar-refractivity contribution in [3.8, 4) is 5.75 Å². The normalized spacial score (nSPS) is 15.2. The van der Waals surface area contributed by atoms with Crippen molar-refractivity contribution in [1.29, 1.82) is 0 Å². The van der Waals surface area contributed by atoms with Gasteiger partial charge < -0.3 is 15.2 Å². The Bertz CT molecular complexity index is 379. The summed E-state index contributed by atoms with van der Waals surface area (Å²) in [6.45, 7) is 4.21. The highest BCUT2D eigenvalue weighted by atomic mass is 16.5. The quantitative estimate of drug-likeness (QED) is 0.775. The van der Waals surface area contributed by atoms with Crippen molar-refractivity contribution in [2.75, 3.05) is 19.8 Å². The molecule has 2 rings (SSSR count). The lowest BCUT2D eigenvalue weighted by Gasteiger charge is -2.15. The summed E-state index contributed by atoms with van der Waals surface area (Å²) >= 11 is 0. The Kier molecular flexibility index (Phi) is 5.02. The molecule has 2 N–H and O–H groups in total. The minimum absolute atomic E-state index is 0.266. The number of rotatable bonds is 7. The zero-order chi connectivity index (χ0) is 12.8. The van der Waals surface area contributed by atoms with Gasteiger partial charge in [0.1, 0.15) is 5.75 Å². The second-order valence-electron chi connectivity index (χ2n) is 4.86. The molecule has 0 aromatic heterocycles. The lowest BCUT2D eigenvalue weighted by Crippen LogP contribution is -2.31. The average Bonchev–Trinajstić information content (AvgIpc) is 2.85. The van der Waals surface area contributed by atoms with E-state index in [1.807, 2.05) is 0 Å². The molecule has 1 unspecified atom stereocenters. The molecule has 0 saturated heterocycles. The van der Waals surface area contributed by atoms with E-state index < -0.39 is 0 Å². The third kappa shape index (κ3) is 3.47. The number of aliphatic hydroxyl groups excluding tert-OH is 1. The number of fused-ring (bicyclic) bond motifs is 1. The van der Waals surface area contributed by atoms with Crippen LogP contribution in [0.4, 0.5) is 0 Å². The van der Waals surface area contributed by atoms with Gasteiger partial charge in [0.15, 0.2) is 0 Å². The maximum Gasteiger partial charge on any atom is 0.122 e. The molecule has 1 aromatic rings. The first kappa shape index (κ1) is 13.4. The van der Waals surface area contributed by atoms with E-state index in [0.717, 1.165) is 44.6 Å². The molecular weight excluding hydrogens is 226 g/mol. The number of aliphatic hydroxyl groups is 1. The van der Waals surface area contributed by atoms with Gasteiger partial charge in [0.2, 0.25) is 0 Å². The first-order chi connectivity index (χ1) is 8.83. The lowest BCUT2D eigenvalue weighted by molar-refractivity contribution is 0.263. The highest BCUT2D eigenvalue weighted by Crippen LogP contribution is 2.25. The van der Waals surface area contributed by atoms with E-state index in [2.05, 4.69) is 30.4 Å². The van der Waals surface area contributed by atoms with Crippen LogP contribution in [0.1, 0.15) is 30.9 Å². The number of benzene rings is 1. The van der Waals surface area contributed by atoms with E-state index in [1.165, 1.54) is 11.1 Å². The van der Waals surface area contributed by atoms with E-state index in [1.54, 1.807) is 0 Å². The molecule has 1 heterocycles. The van der Waals surface area contributed by atoms with Gasteiger partial charge in [-0.3, -0.25) is 0 Å². The molecule has 0 aliphatic carbocycles. The van der Waals surface area contributed by atoms with Crippen LogP contribution in [0.25, 0.3) is 0 Å². The number of hydrogen-bond acceptors (Lipinski definition) is 3. The number of hydrogen-bond donors (Lipinski definition) is 2. The minimum Gasteiger partial charge on any atom is -0.493 e. The average molecular weight is 249 g/mol. The van der Waals surface area contributed by atoms with Crippen LogP contribution >= 0.6 is 0 Å². The fraction of sp³-hybridized carbons (Fsp3) is 0.600. The molecule has 0 bridgehead atoms. The van der Waals surface area contributed by atoms with E-state index in [9.17, 15) is 0 Å². The summed E-state index contributed by atoms with van der Waals surface area (Å²) in [5.74, 6) is 1.05. The number of ether oxygens (including phenoxy) is 1. The van der Waals surface area contributed by atoms with Gasteiger partial charge in [-0.25, -0.2) is 0 Å². The van der Waals surface area contributed by atoms with Crippen LogP contribution in [0.15, 0.2) is 18.2 Å². The predicted molar refractivity (Wildman–Crippen MR) is 73.1 cm³/mol. The third-order valence-corrected chi connectivity index (χ3v) is 3.57. The molecule has 0 fully saturated rings. The van der Waals surface area contributed by atoms with Gasteiger partial charge in [-0.05, 0) is 43.0 Å². The minimum atomic E-state index is 0.266. The van der Waals surface area contributed by atoms with Crippen molar-refractivity contribution in [1.82, 2.24) is 5.32 Å². The van der Waals surface area contributed by atoms with Crippen LogP contribution in [0.3, 0.4) is 0 Å². The van der Waals surface area contributed by atoms with Crippen molar-refractivity contribution in [3.63, 3.8) is 0 Å². The molecule has 0 spiro atoms. The summed E-state index contributed by atoms with van der Waals surface area (Å²) < 4.78 is 5.50. The predicted octanol–water partition coefficient (Wildman–Crippen LogP) is 1.91. The van der Waals surface area contributed by atoms with Crippen LogP contribution in [-0.4, -0.2) is 30.9 Å². The Balaban J connectivity index is 1.79. The largest absolute Gasteiger partial charge is 0.493 e. The van der Waals surface area contributed by atoms with Crippen molar-refractivity contribution < 1.29 is 9.84 Å². The third-order valence-electron chi connectivity index (χ3n) is 3.57. The summed E-state index contributed by atoms with van der Waals surface area (Å²) in [4.78, 5) is 0. The second-order valence-corrected chi connectivity index (χ2v) is 4.86. The van der Waals surface area contributed by atoms with Crippen LogP contribution < -0.4 is 10.1 Å². The van der Waals surface area contributed by atoms with Crippen molar-refractivity contribution in [2.45, 2.75) is 38.6 Å². The summed E-state index contributed by atoms with van der Waals surface area (Å²) in [7, 11) is 0. The maximum atomic E-state index is 8.94. The van der Waals surface area contributed by atoms with E-state index >= 15 is 0 Å². The van der Waals surface area contributed by atoms with E-state index in [0.29, 0.717) is 6.04 Å². The van der Waals surface area contributed by atoms with E-state index in [-0.39, 0.29) is 6.61 Å². The molecule has 0 amide bonds. The molecule has 0 saturated carbocycles. The monoisotopic (exact) mass is 249 g/mol. The first-order valence-corrected chi connectivity index (χ1v) is 6.92. The molecule has 3 heteroatoms. The fourth-order valence-electron chi connectivity index (χ4n) is 2.42. The molecule has 100 valence electrons. The SMILES string of the molecule is CCC(CCO)NCCc1ccc2c(c1)CCO2. The van der Waals surface area contributed by atoms with Gasteiger partial charge in [-0.1, -0.05) is 19.1 Å². The zero-order valence-corrected chi connectivity index (χ0v) is 11.1. The van der Waals surface area contributed by atoms with Crippen molar-refractivity contribution >= 4 is 0 Å². The maximum absolute atomic E-state index is 8.94. The van der Waals surface area contributed by atoms with Crippen LogP contribution in [-0.2, 0) is 12.8 Å². The molecule has 1 aliphatic rings. The fourth-order valence-corrected chi connectivity index (χ4v) is 2.42. The van der Waals surface area contributed by atoms with Crippen LogP contribution in [0.5, 0.6) is 5.75 Å². The van der Waals surface area contributed by atoms with Gasteiger partial charge in [-0.2, -0.15) is 0 Å². The Morgan fingerprint density at radius 2 is 2.33 bits per heavy atom. The highest BCUT2D eigenvalue weighted by molar-refractivity contribution is 5.39. The summed E-state index contributed by atoms with van der Waals surface area (Å²) in [5.41, 5.74) is 2.71. The van der Waals surface area contributed by atoms with Gasteiger partial charge in [0, 0.05) is 19.1 Å². The van der Waals surface area contributed by atoms with Gasteiger partial charge in [-0.15, -0.1) is 0 Å². The smallest absolute Gasteiger partial charge is 0.122 e. The van der Waals surface area contributed by atoms with E-state index in [4.69, 9.17) is 9.84 Å². The van der Waals surface area contributed by atoms with Gasteiger partial charge in [0.25, 0.3) is 0 Å². The van der Waals surface area contributed by atoms with Crippen LogP contribution in [0.2, 0.25) is 0 Å². The molecule has 1 atom stereocenters.